The Morgan fingerprint density at radius 1 is 1.34 bits per heavy atom. The lowest BCUT2D eigenvalue weighted by molar-refractivity contribution is 0.0922. The summed E-state index contributed by atoms with van der Waals surface area (Å²) >= 11 is 0. The van der Waals surface area contributed by atoms with Crippen LogP contribution in [-0.4, -0.2) is 72.1 Å². The minimum absolute atomic E-state index is 0.0300. The van der Waals surface area contributed by atoms with E-state index in [9.17, 15) is 4.79 Å². The molecule has 3 heterocycles. The van der Waals surface area contributed by atoms with Crippen LogP contribution in [0.2, 0.25) is 0 Å². The van der Waals surface area contributed by atoms with Gasteiger partial charge in [-0.25, -0.2) is 9.79 Å². The number of hydrogen-bond acceptors (Lipinski definition) is 7. The first-order valence-electron chi connectivity index (χ1n) is 12.7. The smallest absolute Gasteiger partial charge is 0.407 e. The number of nitrogens with one attached hydrogen (secondary N) is 2. The van der Waals surface area contributed by atoms with Crippen LogP contribution < -0.4 is 10.6 Å². The molecule has 2 atom stereocenters. The van der Waals surface area contributed by atoms with Crippen molar-refractivity contribution in [2.45, 2.75) is 59.1 Å². The normalized spacial score (nSPS) is 20.5. The second-order valence-corrected chi connectivity index (χ2v) is 9.04. The number of allylic oxidation sites excluding steroid dienone is 3. The van der Waals surface area contributed by atoms with Crippen molar-refractivity contribution < 1.29 is 9.53 Å². The molecule has 8 heteroatoms. The number of amidine groups is 1. The summed E-state index contributed by atoms with van der Waals surface area (Å²) in [5.41, 5.74) is 3.36. The van der Waals surface area contributed by atoms with Crippen LogP contribution >= 0.6 is 0 Å². The number of likely N-dealkylation sites (N-methyl/N-ethyl adjacent to an activating group) is 1. The lowest BCUT2D eigenvalue weighted by Gasteiger charge is -2.27. The zero-order valence-corrected chi connectivity index (χ0v) is 21.8. The van der Waals surface area contributed by atoms with Crippen LogP contribution in [-0.2, 0) is 4.74 Å². The molecular weight excluding hydrogens is 440 g/mol. The molecular formula is C27H40N6O2. The Balaban J connectivity index is 1.74. The van der Waals surface area contributed by atoms with E-state index in [1.54, 1.807) is 6.20 Å². The van der Waals surface area contributed by atoms with Crippen LogP contribution in [0.3, 0.4) is 0 Å². The van der Waals surface area contributed by atoms with Gasteiger partial charge in [0.2, 0.25) is 0 Å². The van der Waals surface area contributed by atoms with Gasteiger partial charge in [0.1, 0.15) is 17.8 Å². The number of carbonyl (C=O) groups excluding carboxylic acids is 1. The topological polar surface area (TPSA) is 82.1 Å². The number of likely N-dealkylation sites (tertiary alicyclic amines) is 1. The molecule has 35 heavy (non-hydrogen) atoms. The highest BCUT2D eigenvalue weighted by atomic mass is 16.6. The second kappa shape index (κ2) is 13.1. The summed E-state index contributed by atoms with van der Waals surface area (Å²) in [5.74, 6) is 1.78. The van der Waals surface area contributed by atoms with Gasteiger partial charge in [-0.15, -0.1) is 0 Å². The van der Waals surface area contributed by atoms with Crippen molar-refractivity contribution in [2.75, 3.05) is 33.2 Å². The zero-order chi connectivity index (χ0) is 25.2. The molecule has 0 radical (unpaired) electrons. The van der Waals surface area contributed by atoms with Crippen LogP contribution in [0, 0.1) is 0 Å². The van der Waals surface area contributed by atoms with Gasteiger partial charge in [-0.1, -0.05) is 38.5 Å². The van der Waals surface area contributed by atoms with E-state index in [0.717, 1.165) is 55.1 Å². The molecule has 0 saturated carbocycles. The molecule has 2 aliphatic heterocycles. The van der Waals surface area contributed by atoms with Crippen molar-refractivity contribution >= 4 is 17.5 Å². The van der Waals surface area contributed by atoms with E-state index >= 15 is 0 Å². The van der Waals surface area contributed by atoms with E-state index in [1.807, 2.05) is 50.3 Å². The van der Waals surface area contributed by atoms with E-state index in [-0.39, 0.29) is 18.2 Å². The summed E-state index contributed by atoms with van der Waals surface area (Å²) in [6.07, 6.45) is 12.1. The molecule has 8 nitrogen and oxygen atoms in total. The van der Waals surface area contributed by atoms with Gasteiger partial charge in [0, 0.05) is 56.4 Å². The summed E-state index contributed by atoms with van der Waals surface area (Å²) in [4.78, 5) is 26.1. The van der Waals surface area contributed by atoms with Gasteiger partial charge in [0.25, 0.3) is 0 Å². The summed E-state index contributed by atoms with van der Waals surface area (Å²) in [6, 6.07) is 4.05. The maximum absolute atomic E-state index is 12.4. The van der Waals surface area contributed by atoms with Gasteiger partial charge < -0.3 is 25.2 Å². The van der Waals surface area contributed by atoms with Crippen molar-refractivity contribution in [1.29, 1.82) is 0 Å². The Kier molecular flexibility index (Phi) is 9.90. The van der Waals surface area contributed by atoms with Crippen LogP contribution in [0.1, 0.15) is 52.5 Å². The molecule has 2 N–H and O–H groups in total. The molecule has 3 rings (SSSR count). The maximum atomic E-state index is 12.4. The number of amides is 1. The molecule has 1 amide bonds. The van der Waals surface area contributed by atoms with E-state index in [1.165, 1.54) is 5.57 Å². The van der Waals surface area contributed by atoms with Crippen LogP contribution in [0.4, 0.5) is 4.79 Å². The van der Waals surface area contributed by atoms with Crippen molar-refractivity contribution in [3.8, 4) is 0 Å². The Bertz CT molecular complexity index is 969. The Labute approximate surface area is 209 Å². The molecule has 0 aliphatic carbocycles. The van der Waals surface area contributed by atoms with E-state index < -0.39 is 0 Å². The van der Waals surface area contributed by atoms with Crippen LogP contribution in [0.15, 0.2) is 59.3 Å². The number of aromatic nitrogens is 1. The van der Waals surface area contributed by atoms with Gasteiger partial charge in [0.05, 0.1) is 6.04 Å². The third kappa shape index (κ3) is 7.42. The number of alkyl carbamates (subject to hydrolysis) is 1. The lowest BCUT2D eigenvalue weighted by Crippen LogP contribution is -2.41. The third-order valence-corrected chi connectivity index (χ3v) is 6.35. The molecule has 0 spiro atoms. The fourth-order valence-electron chi connectivity index (χ4n) is 4.06. The number of rotatable bonds is 9. The number of ether oxygens (including phenoxy) is 1. The first-order valence-corrected chi connectivity index (χ1v) is 12.7. The molecule has 1 aromatic heterocycles. The number of pyridine rings is 1. The average molecular weight is 481 g/mol. The Hall–Kier alpha value is -3.13. The molecule has 2 aliphatic rings. The van der Waals surface area contributed by atoms with Crippen molar-refractivity contribution in [2.24, 2.45) is 4.99 Å². The predicted molar refractivity (Wildman–Crippen MR) is 142 cm³/mol. The van der Waals surface area contributed by atoms with Crippen molar-refractivity contribution in [1.82, 2.24) is 25.4 Å². The molecule has 1 aromatic rings. The van der Waals surface area contributed by atoms with Crippen molar-refractivity contribution in [3.63, 3.8) is 0 Å². The lowest BCUT2D eigenvalue weighted by atomic mass is 10.0. The molecule has 190 valence electrons. The number of hydrogen-bond donors (Lipinski definition) is 2. The van der Waals surface area contributed by atoms with E-state index in [4.69, 9.17) is 9.73 Å². The maximum Gasteiger partial charge on any atom is 0.407 e. The van der Waals surface area contributed by atoms with Crippen molar-refractivity contribution in [3.05, 3.63) is 59.8 Å². The Morgan fingerprint density at radius 3 is 2.86 bits per heavy atom. The molecule has 0 bridgehead atoms. The van der Waals surface area contributed by atoms with Gasteiger partial charge in [0.15, 0.2) is 0 Å². The summed E-state index contributed by atoms with van der Waals surface area (Å²) in [5, 5.41) is 6.28. The first kappa shape index (κ1) is 26.5. The number of aliphatic imine (C=N–C) groups is 1. The van der Waals surface area contributed by atoms with E-state index in [0.29, 0.717) is 13.1 Å². The Morgan fingerprint density at radius 2 is 2.17 bits per heavy atom. The first-order chi connectivity index (χ1) is 16.9. The number of carbonyl (C=O) groups is 1. The minimum Gasteiger partial charge on any atom is -0.445 e. The van der Waals surface area contributed by atoms with Gasteiger partial charge in [-0.05, 0) is 44.9 Å². The molecule has 1 fully saturated rings. The second-order valence-electron chi connectivity index (χ2n) is 9.04. The van der Waals surface area contributed by atoms with Gasteiger partial charge in [-0.3, -0.25) is 4.98 Å². The third-order valence-electron chi connectivity index (χ3n) is 6.35. The number of nitrogens with zero attached hydrogens (tertiary/aromatic N) is 4. The van der Waals surface area contributed by atoms with Gasteiger partial charge >= 0.3 is 6.09 Å². The SMILES string of the molecule is CCNCC(CC)OC(=O)NC1CCN(C2=N/C(=C(/C=C(C)CC)c3cccnc3)N(C)C=C2)C1. The minimum atomic E-state index is -0.345. The highest BCUT2D eigenvalue weighted by molar-refractivity contribution is 5.96. The van der Waals surface area contributed by atoms with Gasteiger partial charge in [-0.2, -0.15) is 0 Å². The molecule has 1 saturated heterocycles. The molecule has 2 unspecified atom stereocenters. The van der Waals surface area contributed by atoms with Crippen LogP contribution in [0.5, 0.6) is 0 Å². The zero-order valence-electron chi connectivity index (χ0n) is 21.8. The quantitative estimate of drug-likeness (QED) is 0.553. The summed E-state index contributed by atoms with van der Waals surface area (Å²) in [6.45, 7) is 11.4. The predicted octanol–water partition coefficient (Wildman–Crippen LogP) is 4.15. The highest BCUT2D eigenvalue weighted by Crippen LogP contribution is 2.27. The fourth-order valence-corrected chi connectivity index (χ4v) is 4.06. The summed E-state index contributed by atoms with van der Waals surface area (Å²) < 4.78 is 5.60. The largest absolute Gasteiger partial charge is 0.445 e. The standard InChI is InChI=1S/C27H40N6O2/c1-6-20(4)16-24(21-10-9-13-29-17-21)26-31-25(12-14-32(26)5)33-15-11-22(19-33)30-27(34)35-23(7-2)18-28-8-3/h9-10,12-14,16-17,22-23,28H,6-8,11,15,18-19H2,1-5H3,(H,30,34)/b20-16?,26-24+. The highest BCUT2D eigenvalue weighted by Gasteiger charge is 2.28. The summed E-state index contributed by atoms with van der Waals surface area (Å²) in [7, 11) is 2.01. The van der Waals surface area contributed by atoms with Crippen LogP contribution in [0.25, 0.3) is 5.57 Å². The fraction of sp³-hybridized carbons (Fsp3) is 0.519. The molecule has 0 aromatic carbocycles. The van der Waals surface area contributed by atoms with E-state index in [2.05, 4.69) is 46.5 Å². The monoisotopic (exact) mass is 480 g/mol. The average Bonchev–Trinajstić information content (AvgIpc) is 3.34.